The molecule has 2 heterocycles. The maximum Gasteiger partial charge on any atom is 0.232 e. The number of carbonyl (C=O) groups is 1. The van der Waals surface area contributed by atoms with E-state index in [0.717, 1.165) is 31.4 Å². The van der Waals surface area contributed by atoms with Gasteiger partial charge in [-0.2, -0.15) is 4.98 Å². The Morgan fingerprint density at radius 1 is 1.35 bits per heavy atom. The molecule has 0 bridgehead atoms. The third kappa shape index (κ3) is 2.96. The zero-order valence-electron chi connectivity index (χ0n) is 15.0. The van der Waals surface area contributed by atoms with Crippen molar-refractivity contribution in [1.29, 1.82) is 0 Å². The molecular weight excluding hydrogens is 332 g/mol. The standard InChI is InChI=1S/C19H24N4O3/c1-2-25-15-8-4-3-7-14(15)23-12-13(11-16(23)24)17-21-18(22-26-17)19(20)9-5-6-10-19/h3-4,7-8,13H,2,5-6,9-12,20H2,1H3. The maximum atomic E-state index is 12.6. The summed E-state index contributed by atoms with van der Waals surface area (Å²) in [5.74, 6) is 1.70. The predicted octanol–water partition coefficient (Wildman–Crippen LogP) is 2.72. The minimum atomic E-state index is -0.481. The maximum absolute atomic E-state index is 12.6. The van der Waals surface area contributed by atoms with Crippen LogP contribution in [0.4, 0.5) is 5.69 Å². The van der Waals surface area contributed by atoms with Gasteiger partial charge in [0, 0.05) is 13.0 Å². The molecule has 26 heavy (non-hydrogen) atoms. The number of benzene rings is 1. The zero-order chi connectivity index (χ0) is 18.1. The molecule has 2 aliphatic rings. The molecule has 1 aliphatic carbocycles. The smallest absolute Gasteiger partial charge is 0.232 e. The van der Waals surface area contributed by atoms with Gasteiger partial charge in [0.15, 0.2) is 5.82 Å². The van der Waals surface area contributed by atoms with Crippen LogP contribution in [0, 0.1) is 0 Å². The second-order valence-electron chi connectivity index (χ2n) is 7.13. The number of hydrogen-bond acceptors (Lipinski definition) is 6. The van der Waals surface area contributed by atoms with Crippen molar-refractivity contribution in [2.45, 2.75) is 50.5 Å². The van der Waals surface area contributed by atoms with Gasteiger partial charge in [-0.05, 0) is 31.9 Å². The van der Waals surface area contributed by atoms with Gasteiger partial charge in [-0.3, -0.25) is 4.79 Å². The molecule has 0 spiro atoms. The van der Waals surface area contributed by atoms with Gasteiger partial charge in [-0.25, -0.2) is 0 Å². The van der Waals surface area contributed by atoms with Crippen LogP contribution in [0.25, 0.3) is 0 Å². The summed E-state index contributed by atoms with van der Waals surface area (Å²) in [4.78, 5) is 18.9. The molecule has 4 rings (SSSR count). The normalized spacial score (nSPS) is 22.2. The highest BCUT2D eigenvalue weighted by Gasteiger charge is 2.40. The Balaban J connectivity index is 1.55. The van der Waals surface area contributed by atoms with E-state index in [1.165, 1.54) is 0 Å². The molecule has 1 aliphatic heterocycles. The average molecular weight is 356 g/mol. The Morgan fingerprint density at radius 2 is 2.12 bits per heavy atom. The summed E-state index contributed by atoms with van der Waals surface area (Å²) in [5, 5.41) is 4.12. The summed E-state index contributed by atoms with van der Waals surface area (Å²) in [7, 11) is 0. The summed E-state index contributed by atoms with van der Waals surface area (Å²) in [6, 6.07) is 7.58. The number of nitrogens with two attached hydrogens (primary N) is 1. The van der Waals surface area contributed by atoms with Crippen LogP contribution in [0.2, 0.25) is 0 Å². The Labute approximate surface area is 152 Å². The minimum absolute atomic E-state index is 0.0326. The number of amides is 1. The van der Waals surface area contributed by atoms with Crippen molar-refractivity contribution in [3.8, 4) is 5.75 Å². The van der Waals surface area contributed by atoms with E-state index in [4.69, 9.17) is 15.0 Å². The van der Waals surface area contributed by atoms with Gasteiger partial charge in [-0.1, -0.05) is 30.1 Å². The van der Waals surface area contributed by atoms with Crippen molar-refractivity contribution in [2.75, 3.05) is 18.1 Å². The second kappa shape index (κ2) is 6.72. The van der Waals surface area contributed by atoms with Crippen LogP contribution < -0.4 is 15.4 Å². The van der Waals surface area contributed by atoms with Crippen molar-refractivity contribution in [3.05, 3.63) is 36.0 Å². The quantitative estimate of drug-likeness (QED) is 0.885. The lowest BCUT2D eigenvalue weighted by atomic mass is 9.98. The van der Waals surface area contributed by atoms with Crippen LogP contribution in [0.1, 0.15) is 56.7 Å². The van der Waals surface area contributed by atoms with Gasteiger partial charge in [-0.15, -0.1) is 0 Å². The number of nitrogens with zero attached hydrogens (tertiary/aromatic N) is 3. The highest BCUT2D eigenvalue weighted by Crippen LogP contribution is 2.38. The van der Waals surface area contributed by atoms with Crippen molar-refractivity contribution in [2.24, 2.45) is 5.73 Å². The van der Waals surface area contributed by atoms with E-state index in [-0.39, 0.29) is 11.8 Å². The van der Waals surface area contributed by atoms with Crippen LogP contribution in [0.15, 0.2) is 28.8 Å². The fourth-order valence-electron chi connectivity index (χ4n) is 3.90. The van der Waals surface area contributed by atoms with Gasteiger partial charge >= 0.3 is 0 Å². The lowest BCUT2D eigenvalue weighted by molar-refractivity contribution is -0.117. The predicted molar refractivity (Wildman–Crippen MR) is 96.0 cm³/mol. The molecule has 1 saturated heterocycles. The van der Waals surface area contributed by atoms with Gasteiger partial charge in [0.05, 0.1) is 23.8 Å². The lowest BCUT2D eigenvalue weighted by Crippen LogP contribution is -2.34. The zero-order valence-corrected chi connectivity index (χ0v) is 15.0. The summed E-state index contributed by atoms with van der Waals surface area (Å²) in [6.07, 6.45) is 4.28. The monoisotopic (exact) mass is 356 g/mol. The van der Waals surface area contributed by atoms with E-state index in [1.54, 1.807) is 4.90 Å². The summed E-state index contributed by atoms with van der Waals surface area (Å²) in [6.45, 7) is 2.98. The summed E-state index contributed by atoms with van der Waals surface area (Å²) in [5.41, 5.74) is 6.72. The Hall–Kier alpha value is -2.41. The van der Waals surface area contributed by atoms with E-state index in [9.17, 15) is 4.79 Å². The van der Waals surface area contributed by atoms with Crippen LogP contribution in [-0.2, 0) is 10.3 Å². The lowest BCUT2D eigenvalue weighted by Gasteiger charge is -2.19. The second-order valence-corrected chi connectivity index (χ2v) is 7.13. The van der Waals surface area contributed by atoms with E-state index >= 15 is 0 Å². The Kier molecular flexibility index (Phi) is 4.40. The first-order chi connectivity index (χ1) is 12.6. The molecule has 2 fully saturated rings. The molecule has 1 aromatic heterocycles. The molecule has 138 valence electrons. The van der Waals surface area contributed by atoms with Crippen molar-refractivity contribution in [1.82, 2.24) is 10.1 Å². The number of rotatable bonds is 5. The molecule has 7 nitrogen and oxygen atoms in total. The first-order valence-electron chi connectivity index (χ1n) is 9.26. The number of ether oxygens (including phenoxy) is 1. The molecule has 1 unspecified atom stereocenters. The highest BCUT2D eigenvalue weighted by molar-refractivity contribution is 5.97. The Morgan fingerprint density at radius 3 is 2.88 bits per heavy atom. The minimum Gasteiger partial charge on any atom is -0.492 e. The van der Waals surface area contributed by atoms with Gasteiger partial charge < -0.3 is 19.9 Å². The van der Waals surface area contributed by atoms with Crippen LogP contribution >= 0.6 is 0 Å². The molecule has 7 heteroatoms. The topological polar surface area (TPSA) is 94.5 Å². The van der Waals surface area contributed by atoms with Crippen LogP contribution in [0.5, 0.6) is 5.75 Å². The molecule has 1 atom stereocenters. The molecule has 1 amide bonds. The number of para-hydroxylation sites is 2. The summed E-state index contributed by atoms with van der Waals surface area (Å²) < 4.78 is 11.1. The van der Waals surface area contributed by atoms with Gasteiger partial charge in [0.1, 0.15) is 5.75 Å². The van der Waals surface area contributed by atoms with Gasteiger partial charge in [0.2, 0.25) is 11.8 Å². The molecule has 1 aromatic carbocycles. The van der Waals surface area contributed by atoms with E-state index in [2.05, 4.69) is 10.1 Å². The fraction of sp³-hybridized carbons (Fsp3) is 0.526. The van der Waals surface area contributed by atoms with E-state index in [1.807, 2.05) is 31.2 Å². The van der Waals surface area contributed by atoms with E-state index < -0.39 is 5.54 Å². The SMILES string of the molecule is CCOc1ccccc1N1CC(c2nc(C3(N)CCCC3)no2)CC1=O. The molecule has 2 aromatic rings. The van der Waals surface area contributed by atoms with Crippen molar-refractivity contribution < 1.29 is 14.1 Å². The van der Waals surface area contributed by atoms with E-state index in [0.29, 0.717) is 37.0 Å². The molecule has 2 N–H and O–H groups in total. The fourth-order valence-corrected chi connectivity index (χ4v) is 3.90. The number of aromatic nitrogens is 2. The number of hydrogen-bond donors (Lipinski definition) is 1. The van der Waals surface area contributed by atoms with Crippen molar-refractivity contribution in [3.63, 3.8) is 0 Å². The average Bonchev–Trinajstić information content (AvgIpc) is 3.36. The summed E-state index contributed by atoms with van der Waals surface area (Å²) >= 11 is 0. The first kappa shape index (κ1) is 17.0. The third-order valence-corrected chi connectivity index (χ3v) is 5.31. The molecule has 1 saturated carbocycles. The first-order valence-corrected chi connectivity index (χ1v) is 9.26. The largest absolute Gasteiger partial charge is 0.492 e. The van der Waals surface area contributed by atoms with Crippen molar-refractivity contribution >= 4 is 11.6 Å². The number of anilines is 1. The van der Waals surface area contributed by atoms with Crippen LogP contribution in [-0.4, -0.2) is 29.2 Å². The third-order valence-electron chi connectivity index (χ3n) is 5.31. The van der Waals surface area contributed by atoms with Crippen LogP contribution in [0.3, 0.4) is 0 Å². The Bertz CT molecular complexity index is 798. The molecular formula is C19H24N4O3. The number of carbonyl (C=O) groups excluding carboxylic acids is 1. The van der Waals surface area contributed by atoms with Gasteiger partial charge in [0.25, 0.3) is 0 Å². The molecule has 0 radical (unpaired) electrons. The highest BCUT2D eigenvalue weighted by atomic mass is 16.5.